The Hall–Kier alpha value is -3.14. The maximum Gasteiger partial charge on any atom is 0.416 e. The monoisotopic (exact) mass is 438 g/mol. The highest BCUT2D eigenvalue weighted by Gasteiger charge is 2.35. The summed E-state index contributed by atoms with van der Waals surface area (Å²) >= 11 is 0.708. The van der Waals surface area contributed by atoms with Crippen LogP contribution in [0.15, 0.2) is 53.4 Å². The Bertz CT molecular complexity index is 1020. The molecular weight excluding hydrogens is 424 g/mol. The summed E-state index contributed by atoms with van der Waals surface area (Å²) in [6.45, 7) is -0.271. The van der Waals surface area contributed by atoms with E-state index < -0.39 is 34.6 Å². The molecule has 0 saturated carbocycles. The second-order valence-electron chi connectivity index (χ2n) is 6.22. The molecule has 1 saturated heterocycles. The largest absolute Gasteiger partial charge is 0.416 e. The third-order valence-electron chi connectivity index (χ3n) is 4.11. The van der Waals surface area contributed by atoms with Gasteiger partial charge in [-0.15, -0.1) is 0 Å². The average molecular weight is 438 g/mol. The van der Waals surface area contributed by atoms with Crippen molar-refractivity contribution in [3.8, 4) is 0 Å². The number of thioether (sulfide) groups is 1. The lowest BCUT2D eigenvalue weighted by Gasteiger charge is -2.13. The number of amides is 3. The van der Waals surface area contributed by atoms with Crippen LogP contribution in [0.1, 0.15) is 21.5 Å². The number of carbonyl (C=O) groups excluding carboxylic acids is 3. The zero-order chi connectivity index (χ0) is 21.9. The highest BCUT2D eigenvalue weighted by atomic mass is 32.2. The van der Waals surface area contributed by atoms with E-state index in [1.807, 2.05) is 0 Å². The first-order valence-corrected chi connectivity index (χ1v) is 9.43. The van der Waals surface area contributed by atoms with Crippen LogP contribution >= 0.6 is 11.8 Å². The van der Waals surface area contributed by atoms with Gasteiger partial charge in [-0.3, -0.25) is 19.3 Å². The Morgan fingerprint density at radius 2 is 1.80 bits per heavy atom. The Kier molecular flexibility index (Phi) is 6.25. The number of nitrogens with zero attached hydrogens (tertiary/aromatic N) is 1. The molecule has 1 heterocycles. The summed E-state index contributed by atoms with van der Waals surface area (Å²) in [4.78, 5) is 37.6. The van der Waals surface area contributed by atoms with Crippen LogP contribution in [0.3, 0.4) is 0 Å². The van der Waals surface area contributed by atoms with Gasteiger partial charge in [0.1, 0.15) is 5.82 Å². The van der Waals surface area contributed by atoms with Crippen molar-refractivity contribution in [2.45, 2.75) is 6.18 Å². The third kappa shape index (κ3) is 5.07. The molecule has 0 bridgehead atoms. The van der Waals surface area contributed by atoms with E-state index in [-0.39, 0.29) is 23.6 Å². The van der Waals surface area contributed by atoms with Crippen molar-refractivity contribution >= 4 is 34.9 Å². The molecule has 0 spiro atoms. The molecule has 5 nitrogen and oxygen atoms in total. The third-order valence-corrected chi connectivity index (χ3v) is 5.02. The summed E-state index contributed by atoms with van der Waals surface area (Å²) in [7, 11) is 0. The molecule has 10 heteroatoms. The predicted octanol–water partition coefficient (Wildman–Crippen LogP) is 4.31. The average Bonchev–Trinajstić information content (AvgIpc) is 2.96. The van der Waals surface area contributed by atoms with Crippen molar-refractivity contribution in [2.75, 3.05) is 13.1 Å². The fourth-order valence-corrected chi connectivity index (χ4v) is 3.49. The molecule has 1 aliphatic rings. The van der Waals surface area contributed by atoms with Gasteiger partial charge in [0.15, 0.2) is 0 Å². The number of benzene rings is 2. The summed E-state index contributed by atoms with van der Waals surface area (Å²) < 4.78 is 51.2. The van der Waals surface area contributed by atoms with E-state index in [4.69, 9.17) is 0 Å². The van der Waals surface area contributed by atoms with Gasteiger partial charge in [-0.1, -0.05) is 18.2 Å². The number of hydrogen-bond acceptors (Lipinski definition) is 4. The molecule has 0 radical (unpaired) electrons. The van der Waals surface area contributed by atoms with E-state index in [0.717, 1.165) is 23.1 Å². The molecule has 0 unspecified atom stereocenters. The van der Waals surface area contributed by atoms with Gasteiger partial charge < -0.3 is 5.32 Å². The molecule has 1 aliphatic heterocycles. The van der Waals surface area contributed by atoms with Crippen molar-refractivity contribution in [2.24, 2.45) is 0 Å². The molecule has 1 N–H and O–H groups in total. The van der Waals surface area contributed by atoms with E-state index in [2.05, 4.69) is 5.32 Å². The quantitative estimate of drug-likeness (QED) is 0.558. The maximum atomic E-state index is 13.0. The minimum Gasteiger partial charge on any atom is -0.350 e. The second-order valence-corrected chi connectivity index (χ2v) is 7.21. The zero-order valence-electron chi connectivity index (χ0n) is 15.2. The summed E-state index contributed by atoms with van der Waals surface area (Å²) in [5, 5.41) is 1.85. The normalized spacial score (nSPS) is 15.7. The molecule has 0 atom stereocenters. The molecule has 2 aromatic carbocycles. The van der Waals surface area contributed by atoms with Gasteiger partial charge in [-0.05, 0) is 53.7 Å². The fourth-order valence-electron chi connectivity index (χ4n) is 2.62. The van der Waals surface area contributed by atoms with Crippen molar-refractivity contribution in [3.05, 3.63) is 75.9 Å². The molecule has 156 valence electrons. The molecule has 0 aliphatic carbocycles. The van der Waals surface area contributed by atoms with Crippen LogP contribution in [-0.4, -0.2) is 35.0 Å². The van der Waals surface area contributed by atoms with Crippen molar-refractivity contribution < 1.29 is 31.9 Å². The smallest absolute Gasteiger partial charge is 0.350 e. The van der Waals surface area contributed by atoms with Gasteiger partial charge in [-0.25, -0.2) is 4.39 Å². The number of imide groups is 1. The van der Waals surface area contributed by atoms with Crippen LogP contribution in [0, 0.1) is 5.82 Å². The second kappa shape index (κ2) is 8.70. The Morgan fingerprint density at radius 1 is 1.10 bits per heavy atom. The molecule has 2 aromatic rings. The minimum absolute atomic E-state index is 0.128. The van der Waals surface area contributed by atoms with Gasteiger partial charge in [-0.2, -0.15) is 13.2 Å². The predicted molar refractivity (Wildman–Crippen MR) is 103 cm³/mol. The van der Waals surface area contributed by atoms with Gasteiger partial charge in [0.05, 0.1) is 10.5 Å². The Balaban J connectivity index is 1.59. The number of halogens is 4. The first kappa shape index (κ1) is 21.6. The van der Waals surface area contributed by atoms with Crippen LogP contribution in [-0.2, 0) is 11.0 Å². The van der Waals surface area contributed by atoms with E-state index in [9.17, 15) is 31.9 Å². The van der Waals surface area contributed by atoms with Gasteiger partial charge in [0.2, 0.25) is 0 Å². The number of hydrogen-bond donors (Lipinski definition) is 1. The number of nitrogens with one attached hydrogen (secondary N) is 1. The van der Waals surface area contributed by atoms with Crippen LogP contribution in [0.25, 0.3) is 6.08 Å². The van der Waals surface area contributed by atoms with Crippen LogP contribution in [0.5, 0.6) is 0 Å². The molecule has 0 aromatic heterocycles. The summed E-state index contributed by atoms with van der Waals surface area (Å²) in [6.07, 6.45) is -3.12. The SMILES string of the molecule is O=C(NCCN1C(=O)S/C(=C\c2ccc(F)cc2)C1=O)c1cccc(C(F)(F)F)c1. The van der Waals surface area contributed by atoms with E-state index in [1.54, 1.807) is 0 Å². The molecule has 30 heavy (non-hydrogen) atoms. The molecule has 1 fully saturated rings. The van der Waals surface area contributed by atoms with Crippen LogP contribution in [0.2, 0.25) is 0 Å². The summed E-state index contributed by atoms with van der Waals surface area (Å²) in [6, 6.07) is 9.28. The van der Waals surface area contributed by atoms with E-state index in [1.165, 1.54) is 36.4 Å². The molecule has 3 rings (SSSR count). The molecule has 3 amide bonds. The fraction of sp³-hybridized carbons (Fsp3) is 0.150. The number of carbonyl (C=O) groups is 3. The first-order valence-electron chi connectivity index (χ1n) is 8.61. The number of rotatable bonds is 5. The van der Waals surface area contributed by atoms with Crippen molar-refractivity contribution in [1.82, 2.24) is 10.2 Å². The maximum absolute atomic E-state index is 13.0. The lowest BCUT2D eigenvalue weighted by atomic mass is 10.1. The molecular formula is C20H14F4N2O3S. The zero-order valence-corrected chi connectivity index (χ0v) is 16.0. The lowest BCUT2D eigenvalue weighted by Crippen LogP contribution is -2.37. The summed E-state index contributed by atoms with van der Waals surface area (Å²) in [5.74, 6) is -1.76. The lowest BCUT2D eigenvalue weighted by molar-refractivity contribution is -0.137. The minimum atomic E-state index is -4.57. The first-order chi connectivity index (χ1) is 14.1. The highest BCUT2D eigenvalue weighted by molar-refractivity contribution is 8.18. The highest BCUT2D eigenvalue weighted by Crippen LogP contribution is 2.32. The Labute approximate surface area is 172 Å². The van der Waals surface area contributed by atoms with Crippen molar-refractivity contribution in [1.29, 1.82) is 0 Å². The standard InChI is InChI=1S/C20H14F4N2O3S/c21-15-6-4-12(5-7-15)10-16-18(28)26(19(29)30-16)9-8-25-17(27)13-2-1-3-14(11-13)20(22,23)24/h1-7,10-11H,8-9H2,(H,25,27)/b16-10-. The summed E-state index contributed by atoms with van der Waals surface area (Å²) in [5.41, 5.74) is -0.595. The van der Waals surface area contributed by atoms with Crippen LogP contribution < -0.4 is 5.32 Å². The van der Waals surface area contributed by atoms with Gasteiger partial charge >= 0.3 is 6.18 Å². The van der Waals surface area contributed by atoms with E-state index >= 15 is 0 Å². The van der Waals surface area contributed by atoms with Gasteiger partial charge in [0, 0.05) is 18.7 Å². The number of alkyl halides is 3. The van der Waals surface area contributed by atoms with Crippen molar-refractivity contribution in [3.63, 3.8) is 0 Å². The van der Waals surface area contributed by atoms with Gasteiger partial charge in [0.25, 0.3) is 17.1 Å². The Morgan fingerprint density at radius 3 is 2.47 bits per heavy atom. The topological polar surface area (TPSA) is 66.5 Å². The van der Waals surface area contributed by atoms with Crippen LogP contribution in [0.4, 0.5) is 22.4 Å². The van der Waals surface area contributed by atoms with E-state index in [0.29, 0.717) is 17.3 Å².